The van der Waals surface area contributed by atoms with Gasteiger partial charge in [-0.2, -0.15) is 5.10 Å². The molecule has 1 aromatic heterocycles. The topological polar surface area (TPSA) is 163 Å². The summed E-state index contributed by atoms with van der Waals surface area (Å²) in [5, 5.41) is 13.7. The largest absolute Gasteiger partial charge is 0.497 e. The van der Waals surface area contributed by atoms with Gasteiger partial charge >= 0.3 is 6.09 Å². The molecule has 0 aliphatic carbocycles. The quantitative estimate of drug-likeness (QED) is 0.589. The van der Waals surface area contributed by atoms with Crippen LogP contribution in [0.1, 0.15) is 46.9 Å². The number of Topliss-reactive ketones (excluding diaryl/α,β-unsaturated/α-hetero) is 1. The normalized spacial score (nSPS) is 16.7. The van der Waals surface area contributed by atoms with Crippen LogP contribution in [-0.2, 0) is 4.79 Å². The van der Waals surface area contributed by atoms with Crippen molar-refractivity contribution in [2.24, 2.45) is 5.73 Å². The molecule has 0 unspecified atom stereocenters. The first-order valence-corrected chi connectivity index (χ1v) is 9.56. The minimum Gasteiger partial charge on any atom is -0.497 e. The number of ketones is 1. The van der Waals surface area contributed by atoms with Gasteiger partial charge in [0.05, 0.1) is 31.9 Å². The molecule has 2 aromatic rings. The fraction of sp³-hybridized carbons (Fsp3) is 0.400. The number of primary amides is 1. The number of ether oxygens (including phenoxy) is 2. The van der Waals surface area contributed by atoms with Gasteiger partial charge in [0.2, 0.25) is 0 Å². The molecule has 11 nitrogen and oxygen atoms in total. The van der Waals surface area contributed by atoms with E-state index in [9.17, 15) is 19.5 Å². The lowest BCUT2D eigenvalue weighted by Gasteiger charge is -2.16. The van der Waals surface area contributed by atoms with E-state index in [1.54, 1.807) is 18.2 Å². The first-order chi connectivity index (χ1) is 14.7. The van der Waals surface area contributed by atoms with Crippen molar-refractivity contribution in [2.75, 3.05) is 33.0 Å². The number of anilines is 1. The first-order valence-electron chi connectivity index (χ1n) is 9.56. The van der Waals surface area contributed by atoms with Crippen molar-refractivity contribution in [3.63, 3.8) is 0 Å². The van der Waals surface area contributed by atoms with Crippen molar-refractivity contribution in [1.82, 2.24) is 14.7 Å². The lowest BCUT2D eigenvalue weighted by molar-refractivity contribution is -0.117. The Balaban J connectivity index is 2.14. The van der Waals surface area contributed by atoms with Gasteiger partial charge in [-0.1, -0.05) is 0 Å². The summed E-state index contributed by atoms with van der Waals surface area (Å²) < 4.78 is 12.0. The van der Waals surface area contributed by atoms with Gasteiger partial charge in [-0.15, -0.1) is 0 Å². The predicted octanol–water partition coefficient (Wildman–Crippen LogP) is 1.23. The van der Waals surface area contributed by atoms with E-state index in [-0.39, 0.29) is 35.4 Å². The zero-order valence-corrected chi connectivity index (χ0v) is 17.5. The van der Waals surface area contributed by atoms with Crippen molar-refractivity contribution in [1.29, 1.82) is 0 Å². The summed E-state index contributed by atoms with van der Waals surface area (Å²) in [6, 6.07) is 4.57. The Kier molecular flexibility index (Phi) is 6.04. The number of nitrogens with two attached hydrogens (primary N) is 2. The van der Waals surface area contributed by atoms with E-state index >= 15 is 0 Å². The van der Waals surface area contributed by atoms with Crippen molar-refractivity contribution in [2.45, 2.75) is 25.3 Å². The smallest absolute Gasteiger partial charge is 0.407 e. The summed E-state index contributed by atoms with van der Waals surface area (Å²) >= 11 is 0. The Labute approximate surface area is 178 Å². The fourth-order valence-corrected chi connectivity index (χ4v) is 3.89. The molecule has 1 aromatic carbocycles. The van der Waals surface area contributed by atoms with Gasteiger partial charge in [0.25, 0.3) is 5.91 Å². The molecule has 1 fully saturated rings. The molecule has 11 heteroatoms. The summed E-state index contributed by atoms with van der Waals surface area (Å²) in [5.74, 6) is -1.15. The molecule has 0 saturated carbocycles. The van der Waals surface area contributed by atoms with Crippen LogP contribution >= 0.6 is 0 Å². The highest BCUT2D eigenvalue weighted by atomic mass is 16.5. The van der Waals surface area contributed by atoms with Crippen LogP contribution in [0.25, 0.3) is 0 Å². The lowest BCUT2D eigenvalue weighted by atomic mass is 9.89. The Morgan fingerprint density at radius 2 is 1.81 bits per heavy atom. The SMILES string of the molecule is COc1cc(OC)cc([C@H](C(C)=O)c2nn([C@H]3CCN(C(=O)O)C3)c(N)c2C(N)=O)c1. The molecular formula is C20H25N5O6. The van der Waals surface area contributed by atoms with Crippen LogP contribution < -0.4 is 20.9 Å². The number of likely N-dealkylation sites (tertiary alicyclic amines) is 1. The number of methoxy groups -OCH3 is 2. The molecule has 0 bridgehead atoms. The predicted molar refractivity (Wildman–Crippen MR) is 110 cm³/mol. The molecule has 2 amide bonds. The zero-order valence-electron chi connectivity index (χ0n) is 17.5. The molecule has 1 aliphatic rings. The van der Waals surface area contributed by atoms with Crippen molar-refractivity contribution < 1.29 is 29.0 Å². The second kappa shape index (κ2) is 8.54. The van der Waals surface area contributed by atoms with Crippen molar-refractivity contribution in [3.05, 3.63) is 35.0 Å². The molecular weight excluding hydrogens is 406 g/mol. The average Bonchev–Trinajstić information content (AvgIpc) is 3.32. The third-order valence-corrected chi connectivity index (χ3v) is 5.39. The highest BCUT2D eigenvalue weighted by Gasteiger charge is 2.35. The summed E-state index contributed by atoms with van der Waals surface area (Å²) in [7, 11) is 2.97. The summed E-state index contributed by atoms with van der Waals surface area (Å²) in [5.41, 5.74) is 12.3. The van der Waals surface area contributed by atoms with Crippen LogP contribution in [0.15, 0.2) is 18.2 Å². The van der Waals surface area contributed by atoms with E-state index < -0.39 is 17.9 Å². The fourth-order valence-electron chi connectivity index (χ4n) is 3.89. The van der Waals surface area contributed by atoms with Crippen molar-refractivity contribution in [3.8, 4) is 11.5 Å². The van der Waals surface area contributed by atoms with Crippen LogP contribution in [0.4, 0.5) is 10.6 Å². The number of aromatic nitrogens is 2. The van der Waals surface area contributed by atoms with Gasteiger partial charge in [-0.25, -0.2) is 9.48 Å². The molecule has 5 N–H and O–H groups in total. The molecule has 3 rings (SSSR count). The maximum atomic E-state index is 12.7. The number of hydrogen-bond acceptors (Lipinski definition) is 7. The molecule has 0 radical (unpaired) electrons. The van der Waals surface area contributed by atoms with E-state index in [1.807, 2.05) is 0 Å². The van der Waals surface area contributed by atoms with E-state index in [1.165, 1.54) is 30.7 Å². The summed E-state index contributed by atoms with van der Waals surface area (Å²) in [4.78, 5) is 37.5. The number of hydrogen-bond donors (Lipinski definition) is 3. The standard InChI is InChI=1S/C20H25N5O6/c1-10(26)15(11-6-13(30-2)8-14(7-11)31-3)17-16(19(22)27)18(21)25(23-17)12-4-5-24(9-12)20(28)29/h6-8,12,15H,4-5,9,21H2,1-3H3,(H2,22,27)(H,28,29)/t12-,15-/m0/s1. The lowest BCUT2D eigenvalue weighted by Crippen LogP contribution is -2.27. The number of benzene rings is 1. The molecule has 1 saturated heterocycles. The Bertz CT molecular complexity index is 1010. The molecule has 0 spiro atoms. The summed E-state index contributed by atoms with van der Waals surface area (Å²) in [6.45, 7) is 1.85. The van der Waals surface area contributed by atoms with Crippen molar-refractivity contribution >= 4 is 23.6 Å². The third kappa shape index (κ3) is 4.11. The third-order valence-electron chi connectivity index (χ3n) is 5.39. The average molecular weight is 431 g/mol. The van der Waals surface area contributed by atoms with Gasteiger partial charge < -0.3 is 30.9 Å². The molecule has 2 heterocycles. The van der Waals surface area contributed by atoms with Crippen LogP contribution in [0, 0.1) is 0 Å². The molecule has 2 atom stereocenters. The number of amides is 2. The minimum atomic E-state index is -1.05. The number of rotatable bonds is 7. The maximum absolute atomic E-state index is 12.7. The van der Waals surface area contributed by atoms with E-state index in [2.05, 4.69) is 5.10 Å². The number of nitrogen functional groups attached to an aromatic ring is 1. The van der Waals surface area contributed by atoms with Crippen LogP contribution in [0.2, 0.25) is 0 Å². The first kappa shape index (κ1) is 21.9. The second-order valence-electron chi connectivity index (χ2n) is 7.32. The highest BCUT2D eigenvalue weighted by Crippen LogP contribution is 2.36. The van der Waals surface area contributed by atoms with E-state index in [0.717, 1.165) is 0 Å². The van der Waals surface area contributed by atoms with Gasteiger partial charge in [0.15, 0.2) is 0 Å². The Morgan fingerprint density at radius 1 is 1.19 bits per heavy atom. The molecule has 31 heavy (non-hydrogen) atoms. The van der Waals surface area contributed by atoms with Gasteiger partial charge in [-0.3, -0.25) is 9.59 Å². The maximum Gasteiger partial charge on any atom is 0.407 e. The number of carboxylic acid groups (broad SMARTS) is 1. The van der Waals surface area contributed by atoms with Crippen LogP contribution in [0.5, 0.6) is 11.5 Å². The number of carbonyl (C=O) groups excluding carboxylic acids is 2. The molecule has 1 aliphatic heterocycles. The van der Waals surface area contributed by atoms with Gasteiger partial charge in [0, 0.05) is 19.2 Å². The second-order valence-corrected chi connectivity index (χ2v) is 7.32. The van der Waals surface area contributed by atoms with Gasteiger partial charge in [-0.05, 0) is 31.0 Å². The highest BCUT2D eigenvalue weighted by molar-refractivity contribution is 6.01. The molecule has 166 valence electrons. The van der Waals surface area contributed by atoms with E-state index in [4.69, 9.17) is 20.9 Å². The Morgan fingerprint density at radius 3 is 2.26 bits per heavy atom. The minimum absolute atomic E-state index is 0.000787. The van der Waals surface area contributed by atoms with Crippen LogP contribution in [-0.4, -0.2) is 64.9 Å². The summed E-state index contributed by atoms with van der Waals surface area (Å²) in [6.07, 6.45) is -0.582. The number of carbonyl (C=O) groups is 3. The Hall–Kier alpha value is -3.76. The zero-order chi connectivity index (χ0) is 22.9. The van der Waals surface area contributed by atoms with Crippen LogP contribution in [0.3, 0.4) is 0 Å². The van der Waals surface area contributed by atoms with E-state index in [0.29, 0.717) is 30.0 Å². The monoisotopic (exact) mass is 431 g/mol. The number of nitrogens with zero attached hydrogens (tertiary/aromatic N) is 3. The van der Waals surface area contributed by atoms with Gasteiger partial charge in [0.1, 0.15) is 28.7 Å².